The summed E-state index contributed by atoms with van der Waals surface area (Å²) in [5, 5.41) is 4.71. The topological polar surface area (TPSA) is 33.7 Å². The van der Waals surface area contributed by atoms with Crippen LogP contribution in [0.1, 0.15) is 17.2 Å². The van der Waals surface area contributed by atoms with E-state index in [0.29, 0.717) is 21.5 Å². The second-order valence-corrected chi connectivity index (χ2v) is 6.81. The van der Waals surface area contributed by atoms with Crippen LogP contribution in [0.5, 0.6) is 11.5 Å². The summed E-state index contributed by atoms with van der Waals surface area (Å²) in [6.07, 6.45) is 0. The fourth-order valence-electron chi connectivity index (χ4n) is 3.27. The molecule has 0 bridgehead atoms. The molecule has 4 nitrogen and oxygen atoms in total. The molecule has 25 heavy (non-hydrogen) atoms. The molecule has 0 aromatic heterocycles. The fourth-order valence-corrected chi connectivity index (χ4v) is 3.79. The van der Waals surface area contributed by atoms with Gasteiger partial charge in [0.2, 0.25) is 0 Å². The highest BCUT2D eigenvalue weighted by atomic mass is 35.5. The Morgan fingerprint density at radius 2 is 1.68 bits per heavy atom. The molecule has 2 aromatic rings. The van der Waals surface area contributed by atoms with E-state index in [4.69, 9.17) is 32.7 Å². The summed E-state index contributed by atoms with van der Waals surface area (Å²) in [5.41, 5.74) is 2.16. The zero-order valence-electron chi connectivity index (χ0n) is 14.4. The number of rotatable bonds is 5. The van der Waals surface area contributed by atoms with Gasteiger partial charge >= 0.3 is 0 Å². The van der Waals surface area contributed by atoms with Crippen LogP contribution in [0.25, 0.3) is 0 Å². The van der Waals surface area contributed by atoms with Crippen LogP contribution in [0.15, 0.2) is 36.4 Å². The first-order chi connectivity index (χ1) is 12.1. The van der Waals surface area contributed by atoms with Gasteiger partial charge in [0.1, 0.15) is 0 Å². The van der Waals surface area contributed by atoms with Gasteiger partial charge in [0.05, 0.1) is 20.3 Å². The summed E-state index contributed by atoms with van der Waals surface area (Å²) in [7, 11) is 3.29. The quantitative estimate of drug-likeness (QED) is 0.849. The van der Waals surface area contributed by atoms with E-state index >= 15 is 0 Å². The first-order valence-corrected chi connectivity index (χ1v) is 9.01. The van der Waals surface area contributed by atoms with Gasteiger partial charge in [-0.05, 0) is 35.4 Å². The number of halogens is 2. The van der Waals surface area contributed by atoms with E-state index in [1.807, 2.05) is 24.3 Å². The summed E-state index contributed by atoms with van der Waals surface area (Å²) in [4.78, 5) is 2.42. The summed E-state index contributed by atoms with van der Waals surface area (Å²) in [6.45, 7) is 3.79. The largest absolute Gasteiger partial charge is 0.493 e. The van der Waals surface area contributed by atoms with Crippen molar-refractivity contribution in [2.75, 3.05) is 40.4 Å². The number of piperazine rings is 1. The first-order valence-electron chi connectivity index (χ1n) is 8.25. The third-order valence-electron chi connectivity index (χ3n) is 4.50. The molecule has 0 radical (unpaired) electrons. The minimum absolute atomic E-state index is 0.0340. The summed E-state index contributed by atoms with van der Waals surface area (Å²) >= 11 is 12.6. The van der Waals surface area contributed by atoms with Crippen LogP contribution < -0.4 is 14.8 Å². The normalized spacial score (nSPS) is 16.5. The maximum absolute atomic E-state index is 6.54. The van der Waals surface area contributed by atoms with E-state index in [1.165, 1.54) is 0 Å². The molecule has 134 valence electrons. The van der Waals surface area contributed by atoms with E-state index < -0.39 is 0 Å². The highest BCUT2D eigenvalue weighted by Gasteiger charge is 2.26. The van der Waals surface area contributed by atoms with E-state index in [2.05, 4.69) is 16.3 Å². The molecule has 1 heterocycles. The molecule has 1 fully saturated rings. The standard InChI is InChI=1S/C19H22Cl2N2O2/c1-24-17-6-3-13(11-18(17)25-2)19(23-9-7-22-8-10-23)15-5-4-14(20)12-16(15)21/h3-6,11-12,19,22H,7-10H2,1-2H3. The first kappa shape index (κ1) is 18.3. The predicted octanol–water partition coefficient (Wildman–Crippen LogP) is 4.01. The lowest BCUT2D eigenvalue weighted by Crippen LogP contribution is -2.45. The molecule has 0 spiro atoms. The van der Waals surface area contributed by atoms with Crippen molar-refractivity contribution in [3.05, 3.63) is 57.6 Å². The Morgan fingerprint density at radius 1 is 0.960 bits per heavy atom. The number of methoxy groups -OCH3 is 2. The van der Waals surface area contributed by atoms with Crippen LogP contribution in [0.2, 0.25) is 10.0 Å². The molecule has 1 saturated heterocycles. The Kier molecular flexibility index (Phi) is 6.07. The van der Waals surface area contributed by atoms with Crippen LogP contribution in [-0.4, -0.2) is 45.3 Å². The van der Waals surface area contributed by atoms with E-state index in [-0.39, 0.29) is 6.04 Å². The number of nitrogens with zero attached hydrogens (tertiary/aromatic N) is 1. The maximum atomic E-state index is 6.54. The summed E-state index contributed by atoms with van der Waals surface area (Å²) < 4.78 is 10.9. The van der Waals surface area contributed by atoms with Gasteiger partial charge in [-0.3, -0.25) is 4.90 Å². The number of hydrogen-bond donors (Lipinski definition) is 1. The van der Waals surface area contributed by atoms with Crippen molar-refractivity contribution in [3.63, 3.8) is 0 Å². The molecule has 1 aliphatic heterocycles. The zero-order valence-corrected chi connectivity index (χ0v) is 15.9. The molecule has 3 rings (SSSR count). The van der Waals surface area contributed by atoms with E-state index in [9.17, 15) is 0 Å². The number of hydrogen-bond acceptors (Lipinski definition) is 4. The highest BCUT2D eigenvalue weighted by Crippen LogP contribution is 2.38. The SMILES string of the molecule is COc1ccc(C(c2ccc(Cl)cc2Cl)N2CCNCC2)cc1OC. The van der Waals surface area contributed by atoms with Crippen LogP contribution in [-0.2, 0) is 0 Å². The summed E-state index contributed by atoms with van der Waals surface area (Å²) in [5.74, 6) is 1.43. The van der Waals surface area contributed by atoms with Crippen molar-refractivity contribution in [1.29, 1.82) is 0 Å². The van der Waals surface area contributed by atoms with Crippen LogP contribution >= 0.6 is 23.2 Å². The zero-order chi connectivity index (χ0) is 17.8. The minimum atomic E-state index is 0.0340. The Morgan fingerprint density at radius 3 is 2.32 bits per heavy atom. The Hall–Kier alpha value is -1.46. The summed E-state index contributed by atoms with van der Waals surface area (Å²) in [6, 6.07) is 11.8. The Balaban J connectivity index is 2.07. The van der Waals surface area contributed by atoms with Gasteiger partial charge in [-0.15, -0.1) is 0 Å². The molecule has 6 heteroatoms. The lowest BCUT2D eigenvalue weighted by atomic mass is 9.96. The molecule has 1 aliphatic rings. The highest BCUT2D eigenvalue weighted by molar-refractivity contribution is 6.35. The molecule has 1 unspecified atom stereocenters. The van der Waals surface area contributed by atoms with E-state index in [0.717, 1.165) is 37.3 Å². The van der Waals surface area contributed by atoms with Crippen LogP contribution in [0, 0.1) is 0 Å². The molecule has 0 saturated carbocycles. The maximum Gasteiger partial charge on any atom is 0.161 e. The predicted molar refractivity (Wildman–Crippen MR) is 102 cm³/mol. The van der Waals surface area contributed by atoms with Crippen LogP contribution in [0.3, 0.4) is 0 Å². The van der Waals surface area contributed by atoms with Crippen molar-refractivity contribution >= 4 is 23.2 Å². The number of nitrogens with one attached hydrogen (secondary N) is 1. The van der Waals surface area contributed by atoms with Gasteiger partial charge in [0.15, 0.2) is 11.5 Å². The fraction of sp³-hybridized carbons (Fsp3) is 0.368. The van der Waals surface area contributed by atoms with Gasteiger partial charge in [0, 0.05) is 36.2 Å². The van der Waals surface area contributed by atoms with Crippen molar-refractivity contribution in [3.8, 4) is 11.5 Å². The monoisotopic (exact) mass is 380 g/mol. The van der Waals surface area contributed by atoms with Crippen molar-refractivity contribution in [2.24, 2.45) is 0 Å². The third kappa shape index (κ3) is 4.04. The molecule has 2 aromatic carbocycles. The molecule has 0 aliphatic carbocycles. The average Bonchev–Trinajstić information content (AvgIpc) is 2.64. The smallest absolute Gasteiger partial charge is 0.161 e. The second kappa shape index (κ2) is 8.28. The number of ether oxygens (including phenoxy) is 2. The number of benzene rings is 2. The van der Waals surface area contributed by atoms with Gasteiger partial charge in [-0.1, -0.05) is 35.3 Å². The van der Waals surface area contributed by atoms with Crippen molar-refractivity contribution in [1.82, 2.24) is 10.2 Å². The lowest BCUT2D eigenvalue weighted by Gasteiger charge is -2.36. The molecule has 1 atom stereocenters. The third-order valence-corrected chi connectivity index (χ3v) is 5.06. The van der Waals surface area contributed by atoms with Crippen molar-refractivity contribution < 1.29 is 9.47 Å². The second-order valence-electron chi connectivity index (χ2n) is 5.97. The van der Waals surface area contributed by atoms with Gasteiger partial charge in [-0.25, -0.2) is 0 Å². The molecular formula is C19H22Cl2N2O2. The van der Waals surface area contributed by atoms with Gasteiger partial charge in [0.25, 0.3) is 0 Å². The average molecular weight is 381 g/mol. The minimum Gasteiger partial charge on any atom is -0.493 e. The Labute approximate surface area is 158 Å². The van der Waals surface area contributed by atoms with Gasteiger partial charge in [-0.2, -0.15) is 0 Å². The van der Waals surface area contributed by atoms with Crippen molar-refractivity contribution in [2.45, 2.75) is 6.04 Å². The Bertz CT molecular complexity index is 733. The van der Waals surface area contributed by atoms with Gasteiger partial charge < -0.3 is 14.8 Å². The molecule has 0 amide bonds. The molecular weight excluding hydrogens is 359 g/mol. The van der Waals surface area contributed by atoms with Crippen LogP contribution in [0.4, 0.5) is 0 Å². The lowest BCUT2D eigenvalue weighted by molar-refractivity contribution is 0.198. The van der Waals surface area contributed by atoms with E-state index in [1.54, 1.807) is 20.3 Å². The molecule has 1 N–H and O–H groups in total.